The van der Waals surface area contributed by atoms with Crippen molar-refractivity contribution in [2.75, 3.05) is 64.7 Å². The van der Waals surface area contributed by atoms with Crippen molar-refractivity contribution in [2.24, 2.45) is 0 Å². The number of halogens is 1. The van der Waals surface area contributed by atoms with Crippen LogP contribution in [0.4, 0.5) is 11.4 Å². The van der Waals surface area contributed by atoms with Gasteiger partial charge in [-0.3, -0.25) is 9.59 Å². The van der Waals surface area contributed by atoms with E-state index < -0.39 is 0 Å². The summed E-state index contributed by atoms with van der Waals surface area (Å²) < 4.78 is 19.0. The molecule has 3 aromatic carbocycles. The molecule has 2 aliphatic heterocycles. The molecule has 0 saturated heterocycles. The highest BCUT2D eigenvalue weighted by Gasteiger charge is 2.42. The van der Waals surface area contributed by atoms with E-state index in [1.165, 1.54) is 33.9 Å². The van der Waals surface area contributed by atoms with E-state index in [2.05, 4.69) is 154 Å². The molecule has 0 atom stereocenters. The second kappa shape index (κ2) is 24.6. The van der Waals surface area contributed by atoms with Crippen molar-refractivity contribution in [1.82, 2.24) is 31.0 Å². The Morgan fingerprint density at radius 2 is 1.34 bits per heavy atom. The first kappa shape index (κ1) is 50.4. The third-order valence-electron chi connectivity index (χ3n) is 11.8. The number of hydrogen-bond donors (Lipinski definition) is 2. The zero-order valence-corrected chi connectivity index (χ0v) is 39.6. The first-order valence-corrected chi connectivity index (χ1v) is 22.5. The summed E-state index contributed by atoms with van der Waals surface area (Å²) in [6.45, 7) is 15.1. The zero-order chi connectivity index (χ0) is 45.4. The first-order valence-electron chi connectivity index (χ1n) is 22.5. The van der Waals surface area contributed by atoms with Gasteiger partial charge in [0.25, 0.3) is 0 Å². The fourth-order valence-corrected chi connectivity index (χ4v) is 8.29. The molecular weight excluding hydrogens is 840 g/mol. The predicted octanol–water partition coefficient (Wildman–Crippen LogP) is 4.48. The van der Waals surface area contributed by atoms with Crippen LogP contribution in [0.1, 0.15) is 82.3 Å². The van der Waals surface area contributed by atoms with Crippen LogP contribution in [0.3, 0.4) is 0 Å². The number of fused-ring (bicyclic) bond motifs is 2. The summed E-state index contributed by atoms with van der Waals surface area (Å²) in [5.74, 6) is 0.929. The second-order valence-corrected chi connectivity index (χ2v) is 17.2. The molecule has 14 heteroatoms. The molecule has 0 aliphatic carbocycles. The molecule has 346 valence electrons. The number of allylic oxidation sites excluding steroid dienone is 6. The van der Waals surface area contributed by atoms with Gasteiger partial charge in [-0.1, -0.05) is 99.2 Å². The molecule has 13 nitrogen and oxygen atoms in total. The maximum absolute atomic E-state index is 12.5. The van der Waals surface area contributed by atoms with E-state index in [-0.39, 0.29) is 41.5 Å². The Hall–Kier alpha value is -5.60. The van der Waals surface area contributed by atoms with Gasteiger partial charge in [0.1, 0.15) is 7.05 Å². The standard InChI is InChI=1S/C51H64N8O5.ClH/c1-38-54-56-49(57-55-38)40-26-24-39(25-27-40)37-53-48(61)28-31-62-33-35-64-36-34-63-32-29-52-47(60)23-11-8-16-30-59-44-20-15-13-18-42(44)51(4,5)46(59)22-10-7-9-21-45-50(2,3)41-17-12-14-19-43(41)58(45)6;/h7,9-10,12-15,17-22,24-27H,8,11,16,23,28-37H2,1-6H3,(H-,52,53,60,61);1H. The number of aromatic nitrogens is 4. The van der Waals surface area contributed by atoms with E-state index in [1.54, 1.807) is 6.92 Å². The molecule has 4 aromatic rings. The molecule has 1 aromatic heterocycles. The average molecular weight is 906 g/mol. The van der Waals surface area contributed by atoms with Gasteiger partial charge in [0.15, 0.2) is 11.5 Å². The summed E-state index contributed by atoms with van der Waals surface area (Å²) >= 11 is 0. The maximum Gasteiger partial charge on any atom is 0.222 e. The average Bonchev–Trinajstić information content (AvgIpc) is 3.63. The highest BCUT2D eigenvalue weighted by atomic mass is 35.5. The van der Waals surface area contributed by atoms with Crippen molar-refractivity contribution in [2.45, 2.75) is 84.1 Å². The van der Waals surface area contributed by atoms with E-state index in [4.69, 9.17) is 14.2 Å². The van der Waals surface area contributed by atoms with Gasteiger partial charge in [-0.2, -0.15) is 4.58 Å². The highest BCUT2D eigenvalue weighted by molar-refractivity contribution is 6.03. The van der Waals surface area contributed by atoms with Gasteiger partial charge in [0, 0.05) is 72.5 Å². The number of nitrogens with one attached hydrogen (secondary N) is 2. The van der Waals surface area contributed by atoms with Crippen molar-refractivity contribution >= 4 is 28.9 Å². The van der Waals surface area contributed by atoms with Crippen LogP contribution in [0.2, 0.25) is 0 Å². The van der Waals surface area contributed by atoms with Crippen LogP contribution in [0.5, 0.6) is 0 Å². The number of benzene rings is 3. The minimum absolute atomic E-state index is 0. The number of rotatable bonds is 24. The maximum atomic E-state index is 12.5. The summed E-state index contributed by atoms with van der Waals surface area (Å²) in [5, 5.41) is 21.8. The minimum atomic E-state index is -0.119. The fraction of sp³-hybridized carbons (Fsp3) is 0.431. The molecule has 65 heavy (non-hydrogen) atoms. The lowest BCUT2D eigenvalue weighted by atomic mass is 9.81. The predicted molar refractivity (Wildman–Crippen MR) is 252 cm³/mol. The molecule has 2 N–H and O–H groups in total. The quantitative estimate of drug-likeness (QED) is 0.0588. The van der Waals surface area contributed by atoms with Crippen molar-refractivity contribution in [1.29, 1.82) is 0 Å². The first-order chi connectivity index (χ1) is 31.0. The third-order valence-corrected chi connectivity index (χ3v) is 11.8. The number of amides is 2. The number of unbranched alkanes of at least 4 members (excludes halogenated alkanes) is 2. The molecule has 6 rings (SSSR count). The fourth-order valence-electron chi connectivity index (χ4n) is 8.29. The van der Waals surface area contributed by atoms with Crippen LogP contribution >= 0.6 is 0 Å². The number of carbonyl (C=O) groups excluding carboxylic acids is 2. The topological polar surface area (TPSA) is 144 Å². The largest absolute Gasteiger partial charge is 1.00 e. The van der Waals surface area contributed by atoms with Gasteiger partial charge in [-0.05, 0) is 56.9 Å². The Labute approximate surface area is 390 Å². The lowest BCUT2D eigenvalue weighted by Gasteiger charge is -2.27. The van der Waals surface area contributed by atoms with Crippen LogP contribution in [-0.4, -0.2) is 102 Å². The van der Waals surface area contributed by atoms with E-state index in [0.29, 0.717) is 70.8 Å². The number of ether oxygens (including phenoxy) is 3. The lowest BCUT2D eigenvalue weighted by Crippen LogP contribution is -3.00. The zero-order valence-electron chi connectivity index (χ0n) is 38.8. The summed E-state index contributed by atoms with van der Waals surface area (Å²) in [7, 11) is 2.15. The molecule has 3 heterocycles. The van der Waals surface area contributed by atoms with Crippen molar-refractivity contribution in [3.63, 3.8) is 0 Å². The smallest absolute Gasteiger partial charge is 0.222 e. The van der Waals surface area contributed by atoms with Gasteiger partial charge >= 0.3 is 0 Å². The molecule has 0 saturated carbocycles. The Kier molecular flexibility index (Phi) is 19.1. The monoisotopic (exact) mass is 904 g/mol. The Bertz CT molecular complexity index is 2310. The van der Waals surface area contributed by atoms with E-state index in [1.807, 2.05) is 24.3 Å². The number of anilines is 1. The van der Waals surface area contributed by atoms with Crippen molar-refractivity contribution < 1.29 is 40.8 Å². The van der Waals surface area contributed by atoms with Gasteiger partial charge in [-0.15, -0.1) is 20.4 Å². The molecule has 0 radical (unpaired) electrons. The van der Waals surface area contributed by atoms with Crippen molar-refractivity contribution in [3.05, 3.63) is 131 Å². The number of nitrogens with zero attached hydrogens (tertiary/aromatic N) is 6. The lowest BCUT2D eigenvalue weighted by molar-refractivity contribution is -0.401. The molecule has 2 aliphatic rings. The molecule has 0 unspecified atom stereocenters. The number of para-hydroxylation sites is 2. The SMILES string of the molecule is Cc1nnc(-c2ccc(CNC(=O)CCOCCOCCOCCNC(=O)CCCCCN3\C(=C/C=C/C=C/C4=[N+](C)c5ccccc5C4(C)C)C(C)(C)c4ccccc43)cc2)nn1.[Cl-]. The summed E-state index contributed by atoms with van der Waals surface area (Å²) in [6.07, 6.45) is 14.5. The van der Waals surface area contributed by atoms with Crippen LogP contribution < -0.4 is 27.9 Å². The Balaban J connectivity index is 0.00000793. The van der Waals surface area contributed by atoms with Gasteiger partial charge in [-0.25, -0.2) is 0 Å². The number of carbonyl (C=O) groups is 2. The molecule has 0 bridgehead atoms. The number of hydrogen-bond acceptors (Lipinski definition) is 10. The van der Waals surface area contributed by atoms with Crippen LogP contribution in [-0.2, 0) is 41.2 Å². The minimum Gasteiger partial charge on any atom is -1.00 e. The summed E-state index contributed by atoms with van der Waals surface area (Å²) in [5.41, 5.74) is 9.39. The number of aryl methyl sites for hydroxylation is 1. The molecule has 2 amide bonds. The third kappa shape index (κ3) is 13.7. The summed E-state index contributed by atoms with van der Waals surface area (Å²) in [6, 6.07) is 24.9. The Morgan fingerprint density at radius 1 is 0.692 bits per heavy atom. The van der Waals surface area contributed by atoms with E-state index in [9.17, 15) is 9.59 Å². The van der Waals surface area contributed by atoms with E-state index >= 15 is 0 Å². The Morgan fingerprint density at radius 3 is 2.06 bits per heavy atom. The molecule has 0 spiro atoms. The van der Waals surface area contributed by atoms with Gasteiger partial charge in [0.05, 0.1) is 45.1 Å². The molecule has 0 fully saturated rings. The van der Waals surface area contributed by atoms with Gasteiger partial charge in [0.2, 0.25) is 23.3 Å². The van der Waals surface area contributed by atoms with Crippen LogP contribution in [0, 0.1) is 6.92 Å². The van der Waals surface area contributed by atoms with E-state index in [0.717, 1.165) is 36.9 Å². The molecular formula is C51H65ClN8O5. The van der Waals surface area contributed by atoms with Crippen LogP contribution in [0.25, 0.3) is 11.4 Å². The van der Waals surface area contributed by atoms with Gasteiger partial charge < -0.3 is 42.2 Å². The van der Waals surface area contributed by atoms with Crippen molar-refractivity contribution in [3.8, 4) is 11.4 Å². The second-order valence-electron chi connectivity index (χ2n) is 17.2. The highest BCUT2D eigenvalue weighted by Crippen LogP contribution is 2.47. The summed E-state index contributed by atoms with van der Waals surface area (Å²) in [4.78, 5) is 27.2. The normalized spacial score (nSPS) is 15.4. The van der Waals surface area contributed by atoms with Crippen LogP contribution in [0.15, 0.2) is 109 Å².